The van der Waals surface area contributed by atoms with Crippen molar-refractivity contribution in [2.75, 3.05) is 18.9 Å². The fourth-order valence-electron chi connectivity index (χ4n) is 3.01. The van der Waals surface area contributed by atoms with Crippen molar-refractivity contribution in [3.63, 3.8) is 0 Å². The van der Waals surface area contributed by atoms with Crippen molar-refractivity contribution in [2.45, 2.75) is 25.4 Å². The van der Waals surface area contributed by atoms with E-state index in [4.69, 9.17) is 5.11 Å². The first kappa shape index (κ1) is 16.5. The summed E-state index contributed by atoms with van der Waals surface area (Å²) in [7, 11) is 2.15. The van der Waals surface area contributed by atoms with Crippen LogP contribution in [0.2, 0.25) is 0 Å². The maximum absolute atomic E-state index is 11.0. The van der Waals surface area contributed by atoms with Crippen LogP contribution in [-0.2, 0) is 6.54 Å². The van der Waals surface area contributed by atoms with Crippen LogP contribution in [0.5, 0.6) is 0 Å². The minimum atomic E-state index is -1.00. The lowest BCUT2D eigenvalue weighted by Crippen LogP contribution is -2.38. The Labute approximate surface area is 142 Å². The van der Waals surface area contributed by atoms with E-state index in [1.54, 1.807) is 6.07 Å². The summed E-state index contributed by atoms with van der Waals surface area (Å²) in [5, 5.41) is 12.4. The second kappa shape index (κ2) is 7.45. The number of carboxylic acids is 1. The van der Waals surface area contributed by atoms with Crippen molar-refractivity contribution in [3.05, 3.63) is 59.8 Å². The Balaban J connectivity index is 1.62. The molecule has 0 bridgehead atoms. The average Bonchev–Trinajstić information content (AvgIpc) is 3.41. The number of nitrogens with one attached hydrogen (secondary N) is 1. The molecular weight excluding hydrogens is 302 g/mol. The number of carboxylic acid groups (broad SMARTS) is 1. The molecule has 1 aromatic heterocycles. The van der Waals surface area contributed by atoms with Gasteiger partial charge < -0.3 is 10.4 Å². The number of benzene rings is 1. The molecule has 0 spiro atoms. The summed E-state index contributed by atoms with van der Waals surface area (Å²) in [6, 6.07) is 15.9. The number of hydrogen-bond donors (Lipinski definition) is 2. The smallest absolute Gasteiger partial charge is 0.354 e. The largest absolute Gasteiger partial charge is 0.477 e. The molecule has 0 radical (unpaired) electrons. The number of aromatic carboxylic acids is 1. The van der Waals surface area contributed by atoms with Crippen LogP contribution in [0.4, 0.5) is 5.82 Å². The number of aromatic nitrogens is 1. The van der Waals surface area contributed by atoms with Crippen molar-refractivity contribution in [1.82, 2.24) is 9.88 Å². The third kappa shape index (κ3) is 4.32. The molecule has 2 aromatic rings. The molecule has 3 rings (SSSR count). The van der Waals surface area contributed by atoms with Crippen LogP contribution in [0, 0.1) is 5.92 Å². The third-order valence-electron chi connectivity index (χ3n) is 4.47. The van der Waals surface area contributed by atoms with Crippen LogP contribution < -0.4 is 5.32 Å². The molecule has 0 aliphatic heterocycles. The minimum absolute atomic E-state index is 0.0700. The molecule has 2 N–H and O–H groups in total. The van der Waals surface area contributed by atoms with E-state index in [0.717, 1.165) is 13.1 Å². The first-order chi connectivity index (χ1) is 11.6. The zero-order chi connectivity index (χ0) is 16.9. The molecule has 5 heteroatoms. The highest BCUT2D eigenvalue weighted by molar-refractivity contribution is 5.85. The summed E-state index contributed by atoms with van der Waals surface area (Å²) in [5.41, 5.74) is 1.37. The van der Waals surface area contributed by atoms with Crippen LogP contribution in [0.15, 0.2) is 48.5 Å². The second-order valence-corrected chi connectivity index (χ2v) is 6.40. The van der Waals surface area contributed by atoms with Crippen molar-refractivity contribution in [3.8, 4) is 0 Å². The van der Waals surface area contributed by atoms with E-state index < -0.39 is 5.97 Å². The summed E-state index contributed by atoms with van der Waals surface area (Å²) < 4.78 is 0. The van der Waals surface area contributed by atoms with Crippen LogP contribution in [0.1, 0.15) is 28.9 Å². The van der Waals surface area contributed by atoms with E-state index in [-0.39, 0.29) is 5.69 Å². The molecule has 1 aliphatic carbocycles. The Morgan fingerprint density at radius 1 is 1.25 bits per heavy atom. The first-order valence-electron chi connectivity index (χ1n) is 8.32. The molecule has 1 atom stereocenters. The van der Waals surface area contributed by atoms with Crippen LogP contribution >= 0.6 is 0 Å². The minimum Gasteiger partial charge on any atom is -0.477 e. The quantitative estimate of drug-likeness (QED) is 0.781. The van der Waals surface area contributed by atoms with E-state index in [1.807, 2.05) is 12.1 Å². The average molecular weight is 325 g/mol. The maximum Gasteiger partial charge on any atom is 0.354 e. The Morgan fingerprint density at radius 2 is 2.00 bits per heavy atom. The number of nitrogens with zero attached hydrogens (tertiary/aromatic N) is 2. The number of likely N-dealkylation sites (N-methyl/N-ethyl adjacent to an activating group) is 1. The summed E-state index contributed by atoms with van der Waals surface area (Å²) >= 11 is 0. The fourth-order valence-corrected chi connectivity index (χ4v) is 3.01. The summed E-state index contributed by atoms with van der Waals surface area (Å²) in [5.74, 6) is 0.320. The van der Waals surface area contributed by atoms with E-state index in [2.05, 4.69) is 46.5 Å². The molecule has 1 aromatic carbocycles. The maximum atomic E-state index is 11.0. The number of anilines is 1. The highest BCUT2D eigenvalue weighted by Crippen LogP contribution is 2.35. The van der Waals surface area contributed by atoms with Crippen LogP contribution in [0.25, 0.3) is 0 Å². The molecule has 0 amide bonds. The monoisotopic (exact) mass is 325 g/mol. The number of carbonyl (C=O) groups is 1. The van der Waals surface area contributed by atoms with Crippen molar-refractivity contribution in [1.29, 1.82) is 0 Å². The molecule has 1 fully saturated rings. The molecule has 24 heavy (non-hydrogen) atoms. The molecular formula is C19H23N3O2. The van der Waals surface area contributed by atoms with Gasteiger partial charge in [0.05, 0.1) is 0 Å². The topological polar surface area (TPSA) is 65.5 Å². The van der Waals surface area contributed by atoms with Gasteiger partial charge in [0.15, 0.2) is 5.69 Å². The summed E-state index contributed by atoms with van der Waals surface area (Å²) in [6.07, 6.45) is 2.52. The fraction of sp³-hybridized carbons (Fsp3) is 0.368. The van der Waals surface area contributed by atoms with Crippen molar-refractivity contribution >= 4 is 11.8 Å². The van der Waals surface area contributed by atoms with Gasteiger partial charge in [0.1, 0.15) is 5.82 Å². The first-order valence-corrected chi connectivity index (χ1v) is 8.32. The molecule has 1 aliphatic rings. The Hall–Kier alpha value is -2.40. The lowest BCUT2D eigenvalue weighted by molar-refractivity contribution is 0.0690. The van der Waals surface area contributed by atoms with Gasteiger partial charge in [0, 0.05) is 19.1 Å². The van der Waals surface area contributed by atoms with Gasteiger partial charge in [-0.1, -0.05) is 36.4 Å². The normalized spacial score (nSPS) is 15.2. The lowest BCUT2D eigenvalue weighted by atomic mass is 10.1. The van der Waals surface area contributed by atoms with Crippen molar-refractivity contribution < 1.29 is 9.90 Å². The van der Waals surface area contributed by atoms with Gasteiger partial charge in [-0.15, -0.1) is 0 Å². The number of hydrogen-bond acceptors (Lipinski definition) is 4. The zero-order valence-electron chi connectivity index (χ0n) is 13.9. The van der Waals surface area contributed by atoms with Gasteiger partial charge in [0.25, 0.3) is 0 Å². The number of pyridine rings is 1. The predicted octanol–water partition coefficient (Wildman–Crippen LogP) is 3.10. The molecule has 0 saturated heterocycles. The van der Waals surface area contributed by atoms with Gasteiger partial charge >= 0.3 is 5.97 Å². The predicted molar refractivity (Wildman–Crippen MR) is 94.1 cm³/mol. The molecule has 126 valence electrons. The molecule has 1 unspecified atom stereocenters. The molecule has 1 saturated carbocycles. The lowest BCUT2D eigenvalue weighted by Gasteiger charge is -2.28. The standard InChI is InChI=1S/C19H23N3O2/c1-22(13-14-6-3-2-4-7-14)17(15-10-11-15)12-20-18-9-5-8-16(21-18)19(23)24/h2-9,15,17H,10-13H2,1H3,(H,20,21)(H,23,24). The summed E-state index contributed by atoms with van der Waals surface area (Å²) in [4.78, 5) is 17.5. The van der Waals surface area contributed by atoms with Gasteiger partial charge in [0.2, 0.25) is 0 Å². The van der Waals surface area contributed by atoms with E-state index in [9.17, 15) is 4.79 Å². The third-order valence-corrected chi connectivity index (χ3v) is 4.47. The Kier molecular flexibility index (Phi) is 5.11. The van der Waals surface area contributed by atoms with Crippen molar-refractivity contribution in [2.24, 2.45) is 5.92 Å². The van der Waals surface area contributed by atoms with E-state index in [0.29, 0.717) is 17.8 Å². The van der Waals surface area contributed by atoms with Gasteiger partial charge in [-0.25, -0.2) is 9.78 Å². The van der Waals surface area contributed by atoms with E-state index >= 15 is 0 Å². The summed E-state index contributed by atoms with van der Waals surface area (Å²) in [6.45, 7) is 1.68. The Morgan fingerprint density at radius 3 is 2.67 bits per heavy atom. The van der Waals surface area contributed by atoms with Gasteiger partial charge in [-0.2, -0.15) is 0 Å². The highest BCUT2D eigenvalue weighted by atomic mass is 16.4. The molecule has 1 heterocycles. The van der Waals surface area contributed by atoms with Crippen LogP contribution in [0.3, 0.4) is 0 Å². The zero-order valence-corrected chi connectivity index (χ0v) is 13.9. The molecule has 5 nitrogen and oxygen atoms in total. The second-order valence-electron chi connectivity index (χ2n) is 6.40. The van der Waals surface area contributed by atoms with E-state index in [1.165, 1.54) is 24.5 Å². The SMILES string of the molecule is CN(Cc1ccccc1)C(CNc1cccc(C(=O)O)n1)C1CC1. The number of rotatable bonds is 8. The highest BCUT2D eigenvalue weighted by Gasteiger charge is 2.33. The Bertz CT molecular complexity index is 686. The van der Waals surface area contributed by atoms with Crippen LogP contribution in [-0.4, -0.2) is 40.6 Å². The van der Waals surface area contributed by atoms with Gasteiger partial charge in [-0.05, 0) is 43.5 Å². The van der Waals surface area contributed by atoms with Gasteiger partial charge in [-0.3, -0.25) is 4.90 Å².